The van der Waals surface area contributed by atoms with E-state index in [0.717, 1.165) is 24.8 Å². The highest BCUT2D eigenvalue weighted by molar-refractivity contribution is 5.44. The largest absolute Gasteiger partial charge is 0.495 e. The van der Waals surface area contributed by atoms with Gasteiger partial charge >= 0.3 is 0 Å². The summed E-state index contributed by atoms with van der Waals surface area (Å²) in [5.41, 5.74) is 1.74. The Morgan fingerprint density at radius 3 is 2.85 bits per heavy atom. The summed E-state index contributed by atoms with van der Waals surface area (Å²) in [5, 5.41) is 11.3. The van der Waals surface area contributed by atoms with Crippen molar-refractivity contribution in [2.45, 2.75) is 31.3 Å². The molecule has 3 nitrogen and oxygen atoms in total. The van der Waals surface area contributed by atoms with Crippen LogP contribution in [0.1, 0.15) is 36.1 Å². The average molecular weight is 269 g/mol. The van der Waals surface area contributed by atoms with E-state index in [4.69, 9.17) is 4.74 Å². The molecule has 1 aliphatic carbocycles. The summed E-state index contributed by atoms with van der Waals surface area (Å²) in [7, 11) is 1.62. The van der Waals surface area contributed by atoms with E-state index in [1.807, 2.05) is 30.3 Å². The number of pyridine rings is 1. The van der Waals surface area contributed by atoms with Crippen molar-refractivity contribution in [3.63, 3.8) is 0 Å². The molecule has 0 bridgehead atoms. The number of fused-ring (bicyclic) bond motifs is 1. The lowest BCUT2D eigenvalue weighted by Crippen LogP contribution is -2.29. The molecule has 3 heteroatoms. The zero-order valence-electron chi connectivity index (χ0n) is 11.7. The standard InChI is InChI=1S/C17H19NO2/c1-20-15-10-6-12-18-16(15)17(19)11-5-4-8-13-7-2-3-9-14(13)17/h2-3,6-7,9-10,12,19H,4-5,8,11H2,1H3. The van der Waals surface area contributed by atoms with Crippen molar-refractivity contribution >= 4 is 0 Å². The first-order valence-corrected chi connectivity index (χ1v) is 7.06. The molecule has 0 aliphatic heterocycles. The molecule has 20 heavy (non-hydrogen) atoms. The second kappa shape index (κ2) is 5.25. The van der Waals surface area contributed by atoms with Crippen LogP contribution in [0.15, 0.2) is 42.6 Å². The molecule has 0 saturated heterocycles. The summed E-state index contributed by atoms with van der Waals surface area (Å²) in [5.74, 6) is 0.645. The fourth-order valence-corrected chi connectivity index (χ4v) is 3.08. The van der Waals surface area contributed by atoms with Crippen LogP contribution in [0.25, 0.3) is 0 Å². The SMILES string of the molecule is COc1cccnc1C1(O)CCCCc2ccccc21. The average Bonchev–Trinajstić information content (AvgIpc) is 2.68. The van der Waals surface area contributed by atoms with Gasteiger partial charge in [0.15, 0.2) is 0 Å². The molecule has 0 fully saturated rings. The zero-order valence-corrected chi connectivity index (χ0v) is 11.7. The number of hydrogen-bond donors (Lipinski definition) is 1. The van der Waals surface area contributed by atoms with Crippen molar-refractivity contribution in [2.24, 2.45) is 0 Å². The number of ether oxygens (including phenoxy) is 1. The Kier molecular flexibility index (Phi) is 3.45. The highest BCUT2D eigenvalue weighted by Crippen LogP contribution is 2.41. The fourth-order valence-electron chi connectivity index (χ4n) is 3.08. The Bertz CT molecular complexity index is 611. The van der Waals surface area contributed by atoms with Gasteiger partial charge in [-0.3, -0.25) is 4.98 Å². The van der Waals surface area contributed by atoms with Crippen molar-refractivity contribution in [1.82, 2.24) is 4.98 Å². The molecule has 1 atom stereocenters. The lowest BCUT2D eigenvalue weighted by atomic mass is 9.84. The first-order chi connectivity index (χ1) is 9.75. The van der Waals surface area contributed by atoms with Crippen LogP contribution in [0.5, 0.6) is 5.75 Å². The molecular weight excluding hydrogens is 250 g/mol. The van der Waals surface area contributed by atoms with E-state index in [1.54, 1.807) is 13.3 Å². The molecule has 1 heterocycles. The van der Waals surface area contributed by atoms with Crippen molar-refractivity contribution in [3.8, 4) is 5.75 Å². The van der Waals surface area contributed by atoms with E-state index in [1.165, 1.54) is 5.56 Å². The van der Waals surface area contributed by atoms with Crippen molar-refractivity contribution in [1.29, 1.82) is 0 Å². The summed E-state index contributed by atoms with van der Waals surface area (Å²) in [6.07, 6.45) is 5.47. The smallest absolute Gasteiger partial charge is 0.143 e. The van der Waals surface area contributed by atoms with Gasteiger partial charge in [0, 0.05) is 6.20 Å². The summed E-state index contributed by atoms with van der Waals surface area (Å²) in [6, 6.07) is 11.8. The lowest BCUT2D eigenvalue weighted by molar-refractivity contribution is 0.0629. The third kappa shape index (κ3) is 2.08. The molecule has 1 aromatic carbocycles. The Morgan fingerprint density at radius 2 is 2.00 bits per heavy atom. The zero-order chi connectivity index (χ0) is 14.0. The van der Waals surface area contributed by atoms with Crippen molar-refractivity contribution < 1.29 is 9.84 Å². The normalized spacial score (nSPS) is 21.9. The third-order valence-electron chi connectivity index (χ3n) is 4.08. The Hall–Kier alpha value is -1.87. The molecule has 2 aromatic rings. The van der Waals surface area contributed by atoms with Crippen LogP contribution in [-0.2, 0) is 12.0 Å². The maximum absolute atomic E-state index is 11.3. The van der Waals surface area contributed by atoms with E-state index in [9.17, 15) is 5.11 Å². The molecule has 1 aliphatic rings. The summed E-state index contributed by atoms with van der Waals surface area (Å²) in [4.78, 5) is 4.41. The minimum Gasteiger partial charge on any atom is -0.495 e. The Labute approximate surface area is 119 Å². The van der Waals surface area contributed by atoms with E-state index in [-0.39, 0.29) is 0 Å². The van der Waals surface area contributed by atoms with Crippen LogP contribution in [0.3, 0.4) is 0 Å². The molecule has 0 amide bonds. The van der Waals surface area contributed by atoms with Gasteiger partial charge in [0.05, 0.1) is 7.11 Å². The van der Waals surface area contributed by atoms with Crippen LogP contribution in [-0.4, -0.2) is 17.2 Å². The van der Waals surface area contributed by atoms with Gasteiger partial charge < -0.3 is 9.84 Å². The molecular formula is C17H19NO2. The third-order valence-corrected chi connectivity index (χ3v) is 4.08. The van der Waals surface area contributed by atoms with E-state index >= 15 is 0 Å². The maximum Gasteiger partial charge on any atom is 0.143 e. The summed E-state index contributed by atoms with van der Waals surface area (Å²) >= 11 is 0. The monoisotopic (exact) mass is 269 g/mol. The predicted octanol–water partition coefficient (Wildman–Crippen LogP) is 3.05. The second-order valence-corrected chi connectivity index (χ2v) is 5.28. The van der Waals surface area contributed by atoms with Crippen LogP contribution < -0.4 is 4.74 Å². The number of aromatic nitrogens is 1. The first kappa shape index (κ1) is 13.1. The number of benzene rings is 1. The number of methoxy groups -OCH3 is 1. The summed E-state index contributed by atoms with van der Waals surface area (Å²) < 4.78 is 5.40. The van der Waals surface area contributed by atoms with Gasteiger partial charge in [0.2, 0.25) is 0 Å². The molecule has 3 rings (SSSR count). The van der Waals surface area contributed by atoms with Crippen LogP contribution in [0.4, 0.5) is 0 Å². The van der Waals surface area contributed by atoms with Gasteiger partial charge in [-0.25, -0.2) is 0 Å². The van der Waals surface area contributed by atoms with Crippen LogP contribution in [0.2, 0.25) is 0 Å². The fraction of sp³-hybridized carbons (Fsp3) is 0.353. The highest BCUT2D eigenvalue weighted by Gasteiger charge is 2.38. The molecule has 0 spiro atoms. The van der Waals surface area contributed by atoms with Crippen LogP contribution in [0, 0.1) is 0 Å². The van der Waals surface area contributed by atoms with Gasteiger partial charge in [-0.05, 0) is 48.9 Å². The molecule has 1 N–H and O–H groups in total. The summed E-state index contributed by atoms with van der Waals surface area (Å²) in [6.45, 7) is 0. The topological polar surface area (TPSA) is 42.4 Å². The number of hydrogen-bond acceptors (Lipinski definition) is 3. The minimum absolute atomic E-state index is 0.622. The second-order valence-electron chi connectivity index (χ2n) is 5.28. The Morgan fingerprint density at radius 1 is 1.15 bits per heavy atom. The van der Waals surface area contributed by atoms with Gasteiger partial charge in [0.1, 0.15) is 17.0 Å². The molecule has 1 aromatic heterocycles. The quantitative estimate of drug-likeness (QED) is 0.852. The number of rotatable bonds is 2. The first-order valence-electron chi connectivity index (χ1n) is 7.06. The lowest BCUT2D eigenvalue weighted by Gasteiger charge is -2.29. The van der Waals surface area contributed by atoms with Crippen LogP contribution >= 0.6 is 0 Å². The predicted molar refractivity (Wildman–Crippen MR) is 77.8 cm³/mol. The molecule has 0 saturated carbocycles. The molecule has 0 radical (unpaired) electrons. The van der Waals surface area contributed by atoms with Crippen molar-refractivity contribution in [3.05, 3.63) is 59.4 Å². The highest BCUT2D eigenvalue weighted by atomic mass is 16.5. The van der Waals surface area contributed by atoms with Gasteiger partial charge in [-0.15, -0.1) is 0 Å². The Balaban J connectivity index is 2.20. The molecule has 1 unspecified atom stereocenters. The minimum atomic E-state index is -1.06. The van der Waals surface area contributed by atoms with Gasteiger partial charge in [0.25, 0.3) is 0 Å². The van der Waals surface area contributed by atoms with E-state index in [0.29, 0.717) is 17.9 Å². The number of aliphatic hydroxyl groups is 1. The maximum atomic E-state index is 11.3. The van der Waals surface area contributed by atoms with Crippen molar-refractivity contribution in [2.75, 3.05) is 7.11 Å². The number of aryl methyl sites for hydroxylation is 1. The van der Waals surface area contributed by atoms with Gasteiger partial charge in [-0.2, -0.15) is 0 Å². The molecule has 104 valence electrons. The van der Waals surface area contributed by atoms with E-state index < -0.39 is 5.60 Å². The number of nitrogens with zero attached hydrogens (tertiary/aromatic N) is 1. The van der Waals surface area contributed by atoms with E-state index in [2.05, 4.69) is 11.1 Å². The van der Waals surface area contributed by atoms with Gasteiger partial charge in [-0.1, -0.05) is 24.3 Å².